The van der Waals surface area contributed by atoms with Crippen LogP contribution in [0.3, 0.4) is 0 Å². The second-order valence-corrected chi connectivity index (χ2v) is 7.82. The van der Waals surface area contributed by atoms with Crippen molar-refractivity contribution in [3.63, 3.8) is 0 Å². The van der Waals surface area contributed by atoms with Gasteiger partial charge in [-0.2, -0.15) is 12.6 Å². The molecule has 0 fully saturated rings. The molecule has 3 amide bonds. The number of nitrogens with two attached hydrogens (primary N) is 1. The Morgan fingerprint density at radius 1 is 1.03 bits per heavy atom. The van der Waals surface area contributed by atoms with Crippen LogP contribution >= 0.6 is 12.6 Å². The number of carboxylic acid groups (broad SMARTS) is 1. The number of aliphatic carboxylic acids is 1. The number of thiol groups is 1. The first kappa shape index (κ1) is 25.9. The highest BCUT2D eigenvalue weighted by atomic mass is 32.1. The first-order valence-corrected chi connectivity index (χ1v) is 10.9. The topological polar surface area (TPSA) is 179 Å². The highest BCUT2D eigenvalue weighted by Crippen LogP contribution is 2.06. The Kier molecular flexibility index (Phi) is 9.88. The fourth-order valence-corrected chi connectivity index (χ4v) is 3.08. The molecule has 0 saturated carbocycles. The van der Waals surface area contributed by atoms with Crippen molar-refractivity contribution >= 4 is 36.3 Å². The van der Waals surface area contributed by atoms with Crippen LogP contribution < -0.4 is 21.7 Å². The summed E-state index contributed by atoms with van der Waals surface area (Å²) in [7, 11) is 0. The molecule has 0 aliphatic heterocycles. The van der Waals surface area contributed by atoms with Crippen LogP contribution in [0.4, 0.5) is 0 Å². The SMILES string of the molecule is CC(NC(=O)C(N)CS)C(=O)NC(Cc1ccccc1)C(=O)NC(Cc1cnc[nH]1)C(=O)O. The van der Waals surface area contributed by atoms with Crippen LogP contribution in [-0.2, 0) is 32.0 Å². The number of benzene rings is 1. The minimum absolute atomic E-state index is 0.0127. The second kappa shape index (κ2) is 12.6. The number of carbonyl (C=O) groups is 4. The monoisotopic (exact) mass is 476 g/mol. The van der Waals surface area contributed by atoms with E-state index in [4.69, 9.17) is 5.73 Å². The zero-order chi connectivity index (χ0) is 24.4. The zero-order valence-electron chi connectivity index (χ0n) is 18.0. The predicted molar refractivity (Wildman–Crippen MR) is 123 cm³/mol. The minimum Gasteiger partial charge on any atom is -0.480 e. The van der Waals surface area contributed by atoms with E-state index in [9.17, 15) is 24.3 Å². The number of nitrogens with one attached hydrogen (secondary N) is 4. The van der Waals surface area contributed by atoms with E-state index >= 15 is 0 Å². The van der Waals surface area contributed by atoms with Gasteiger partial charge >= 0.3 is 5.97 Å². The summed E-state index contributed by atoms with van der Waals surface area (Å²) in [5.41, 5.74) is 6.90. The summed E-state index contributed by atoms with van der Waals surface area (Å²) in [6.07, 6.45) is 2.97. The first-order valence-electron chi connectivity index (χ1n) is 10.2. The number of amides is 3. The van der Waals surface area contributed by atoms with E-state index in [1.807, 2.05) is 6.07 Å². The van der Waals surface area contributed by atoms with Gasteiger partial charge in [0.25, 0.3) is 0 Å². The molecule has 1 heterocycles. The summed E-state index contributed by atoms with van der Waals surface area (Å²) < 4.78 is 0. The predicted octanol–water partition coefficient (Wildman–Crippen LogP) is -0.989. The van der Waals surface area contributed by atoms with Crippen molar-refractivity contribution < 1.29 is 24.3 Å². The first-order chi connectivity index (χ1) is 15.7. The van der Waals surface area contributed by atoms with Crippen molar-refractivity contribution in [1.82, 2.24) is 25.9 Å². The molecule has 12 heteroatoms. The molecule has 7 N–H and O–H groups in total. The summed E-state index contributed by atoms with van der Waals surface area (Å²) in [6, 6.07) is 4.76. The Morgan fingerprint density at radius 3 is 2.27 bits per heavy atom. The van der Waals surface area contributed by atoms with Crippen molar-refractivity contribution in [2.45, 2.75) is 43.9 Å². The van der Waals surface area contributed by atoms with Gasteiger partial charge in [0.1, 0.15) is 18.1 Å². The van der Waals surface area contributed by atoms with E-state index in [1.165, 1.54) is 19.4 Å². The summed E-state index contributed by atoms with van der Waals surface area (Å²) in [5, 5.41) is 17.1. The molecule has 1 aromatic heterocycles. The van der Waals surface area contributed by atoms with Gasteiger partial charge < -0.3 is 31.8 Å². The fraction of sp³-hybridized carbons (Fsp3) is 0.381. The number of carboxylic acids is 1. The van der Waals surface area contributed by atoms with E-state index in [0.717, 1.165) is 5.56 Å². The number of rotatable bonds is 12. The molecule has 0 bridgehead atoms. The van der Waals surface area contributed by atoms with Gasteiger partial charge in [0, 0.05) is 30.5 Å². The number of aromatic nitrogens is 2. The highest BCUT2D eigenvalue weighted by Gasteiger charge is 2.29. The van der Waals surface area contributed by atoms with E-state index in [0.29, 0.717) is 5.69 Å². The van der Waals surface area contributed by atoms with E-state index in [-0.39, 0.29) is 18.6 Å². The van der Waals surface area contributed by atoms with Gasteiger partial charge in [-0.05, 0) is 12.5 Å². The Hall–Kier alpha value is -3.38. The van der Waals surface area contributed by atoms with Gasteiger partial charge in [-0.15, -0.1) is 0 Å². The van der Waals surface area contributed by atoms with Crippen LogP contribution in [0.2, 0.25) is 0 Å². The Balaban J connectivity index is 2.13. The number of carbonyl (C=O) groups excluding carboxylic acids is 3. The largest absolute Gasteiger partial charge is 0.480 e. The van der Waals surface area contributed by atoms with Crippen LogP contribution in [0.5, 0.6) is 0 Å². The van der Waals surface area contributed by atoms with Crippen LogP contribution in [0.15, 0.2) is 42.9 Å². The number of imidazole rings is 1. The lowest BCUT2D eigenvalue weighted by Crippen LogP contribution is -2.57. The molecule has 2 rings (SSSR count). The standard InChI is InChI=1S/C21H28N6O5S/c1-12(25-19(29)15(22)10-33)18(28)26-16(7-13-5-3-2-4-6-13)20(30)27-17(21(31)32)8-14-9-23-11-24-14/h2-6,9,11-12,15-17,33H,7-8,10,22H2,1H3,(H,23,24)(H,25,29)(H,26,28)(H,27,30)(H,31,32). The molecule has 4 unspecified atom stereocenters. The third-order valence-corrected chi connectivity index (χ3v) is 5.19. The van der Waals surface area contributed by atoms with E-state index < -0.39 is 47.9 Å². The van der Waals surface area contributed by atoms with Gasteiger partial charge in [0.2, 0.25) is 17.7 Å². The molecular formula is C21H28N6O5S. The molecule has 4 atom stereocenters. The lowest BCUT2D eigenvalue weighted by molar-refractivity contribution is -0.142. The molecule has 1 aromatic carbocycles. The number of aromatic amines is 1. The van der Waals surface area contributed by atoms with Crippen LogP contribution in [0.25, 0.3) is 0 Å². The van der Waals surface area contributed by atoms with Crippen molar-refractivity contribution in [1.29, 1.82) is 0 Å². The van der Waals surface area contributed by atoms with Crippen molar-refractivity contribution in [2.24, 2.45) is 5.73 Å². The van der Waals surface area contributed by atoms with E-state index in [2.05, 4.69) is 38.5 Å². The molecule has 0 saturated heterocycles. The average Bonchev–Trinajstić information content (AvgIpc) is 3.31. The molecule has 0 aliphatic rings. The maximum absolute atomic E-state index is 13.0. The van der Waals surface area contributed by atoms with Crippen LogP contribution in [0, 0.1) is 0 Å². The van der Waals surface area contributed by atoms with E-state index in [1.54, 1.807) is 24.3 Å². The summed E-state index contributed by atoms with van der Waals surface area (Å²) in [5.74, 6) is -2.98. The fourth-order valence-electron chi connectivity index (χ4n) is 2.91. The molecule has 178 valence electrons. The highest BCUT2D eigenvalue weighted by molar-refractivity contribution is 7.80. The summed E-state index contributed by atoms with van der Waals surface area (Å²) >= 11 is 3.95. The zero-order valence-corrected chi connectivity index (χ0v) is 18.9. The number of nitrogens with zero attached hydrogens (tertiary/aromatic N) is 1. The van der Waals surface area contributed by atoms with Gasteiger partial charge in [0.05, 0.1) is 12.4 Å². The molecule has 0 aliphatic carbocycles. The molecule has 0 spiro atoms. The molecule has 33 heavy (non-hydrogen) atoms. The van der Waals surface area contributed by atoms with Crippen LogP contribution in [0.1, 0.15) is 18.2 Å². The Bertz CT molecular complexity index is 940. The normalized spacial score (nSPS) is 14.4. The Labute approximate surface area is 196 Å². The van der Waals surface area contributed by atoms with Crippen molar-refractivity contribution in [3.8, 4) is 0 Å². The van der Waals surface area contributed by atoms with Gasteiger partial charge in [-0.3, -0.25) is 14.4 Å². The van der Waals surface area contributed by atoms with Crippen LogP contribution in [-0.4, -0.2) is 68.7 Å². The Morgan fingerprint density at radius 2 is 1.70 bits per heavy atom. The molecule has 0 radical (unpaired) electrons. The lowest BCUT2D eigenvalue weighted by Gasteiger charge is -2.23. The van der Waals surface area contributed by atoms with Crippen molar-refractivity contribution in [3.05, 3.63) is 54.1 Å². The second-order valence-electron chi connectivity index (χ2n) is 7.45. The number of hydrogen-bond donors (Lipinski definition) is 7. The van der Waals surface area contributed by atoms with Gasteiger partial charge in [0.15, 0.2) is 0 Å². The molecular weight excluding hydrogens is 448 g/mol. The third-order valence-electron chi connectivity index (χ3n) is 4.79. The molecule has 11 nitrogen and oxygen atoms in total. The quantitative estimate of drug-likeness (QED) is 0.192. The summed E-state index contributed by atoms with van der Waals surface area (Å²) in [4.78, 5) is 55.9. The maximum Gasteiger partial charge on any atom is 0.326 e. The third kappa shape index (κ3) is 8.24. The minimum atomic E-state index is -1.24. The van der Waals surface area contributed by atoms with Gasteiger partial charge in [-0.1, -0.05) is 30.3 Å². The number of hydrogen-bond acceptors (Lipinski definition) is 7. The smallest absolute Gasteiger partial charge is 0.326 e. The molecule has 2 aromatic rings. The van der Waals surface area contributed by atoms with Crippen molar-refractivity contribution in [2.75, 3.05) is 5.75 Å². The number of H-pyrrole nitrogens is 1. The lowest BCUT2D eigenvalue weighted by atomic mass is 10.0. The summed E-state index contributed by atoms with van der Waals surface area (Å²) in [6.45, 7) is 1.45. The average molecular weight is 477 g/mol. The van der Waals surface area contributed by atoms with Gasteiger partial charge in [-0.25, -0.2) is 9.78 Å². The maximum atomic E-state index is 13.0.